The molecule has 78 valence electrons. The van der Waals surface area contributed by atoms with E-state index >= 15 is 0 Å². The molecule has 0 amide bonds. The molecule has 0 aromatic heterocycles. The average molecular weight is 191 g/mol. The van der Waals surface area contributed by atoms with Crippen LogP contribution in [0, 0.1) is 0 Å². The Kier molecular flexibility index (Phi) is 9.98. The minimum Gasteiger partial charge on any atom is -0.550 e. The van der Waals surface area contributed by atoms with Gasteiger partial charge >= 0.3 is 5.97 Å². The summed E-state index contributed by atoms with van der Waals surface area (Å²) in [6, 6.07) is 0.157. The van der Waals surface area contributed by atoms with E-state index in [1.54, 1.807) is 6.92 Å². The highest BCUT2D eigenvalue weighted by Gasteiger charge is 2.06. The molecule has 0 spiro atoms. The van der Waals surface area contributed by atoms with E-state index in [1.807, 2.05) is 6.92 Å². The molecule has 0 aliphatic heterocycles. The van der Waals surface area contributed by atoms with E-state index in [9.17, 15) is 4.79 Å². The van der Waals surface area contributed by atoms with Gasteiger partial charge in [0.2, 0.25) is 0 Å². The third-order valence-corrected chi connectivity index (χ3v) is 0.820. The highest BCUT2D eigenvalue weighted by atomic mass is 16.5. The van der Waals surface area contributed by atoms with Crippen molar-refractivity contribution in [3.8, 4) is 0 Å². The number of carboxylic acids is 1. The summed E-state index contributed by atoms with van der Waals surface area (Å²) in [5.74, 6) is -1.24. The first-order chi connectivity index (χ1) is 5.90. The molecule has 0 aliphatic rings. The maximum absolute atomic E-state index is 10.6. The molecule has 5 heteroatoms. The number of rotatable bonds is 3. The third-order valence-electron chi connectivity index (χ3n) is 0.820. The van der Waals surface area contributed by atoms with Gasteiger partial charge in [-0.1, -0.05) is 0 Å². The summed E-state index contributed by atoms with van der Waals surface area (Å²) in [6.45, 7) is 5.12. The fourth-order valence-electron chi connectivity index (χ4n) is 0.504. The van der Waals surface area contributed by atoms with Crippen molar-refractivity contribution in [3.63, 3.8) is 0 Å². The van der Waals surface area contributed by atoms with Gasteiger partial charge in [0.1, 0.15) is 0 Å². The number of ether oxygens (including phenoxy) is 1. The number of carbonyl (C=O) groups is 2. The summed E-state index contributed by atoms with van der Waals surface area (Å²) in [4.78, 5) is 19.5. The van der Waals surface area contributed by atoms with Crippen molar-refractivity contribution in [3.05, 3.63) is 0 Å². The molecular weight excluding hydrogens is 174 g/mol. The normalized spacial score (nSPS) is 10.8. The number of hydrogen-bond acceptors (Lipinski definition) is 4. The molecule has 0 saturated heterocycles. The Morgan fingerprint density at radius 1 is 1.54 bits per heavy atom. The predicted molar refractivity (Wildman–Crippen MR) is 44.3 cm³/mol. The minimum atomic E-state index is -1.08. The molecule has 0 unspecified atom stereocenters. The van der Waals surface area contributed by atoms with Crippen LogP contribution >= 0.6 is 0 Å². The first-order valence-corrected chi connectivity index (χ1v) is 4.06. The van der Waals surface area contributed by atoms with E-state index in [-0.39, 0.29) is 12.0 Å². The molecule has 0 radical (unpaired) electrons. The first-order valence-electron chi connectivity index (χ1n) is 4.06. The van der Waals surface area contributed by atoms with Crippen LogP contribution in [0.4, 0.5) is 0 Å². The van der Waals surface area contributed by atoms with E-state index in [0.717, 1.165) is 6.92 Å². The molecule has 3 N–H and O–H groups in total. The molecule has 0 heterocycles. The van der Waals surface area contributed by atoms with Crippen molar-refractivity contribution in [2.24, 2.45) is 0 Å². The van der Waals surface area contributed by atoms with Crippen LogP contribution in [0.15, 0.2) is 0 Å². The van der Waals surface area contributed by atoms with Gasteiger partial charge in [-0.05, 0) is 20.8 Å². The summed E-state index contributed by atoms with van der Waals surface area (Å²) in [5.41, 5.74) is 3.66. The van der Waals surface area contributed by atoms with Gasteiger partial charge in [-0.25, -0.2) is 0 Å². The Labute approximate surface area is 77.9 Å². The van der Waals surface area contributed by atoms with Crippen molar-refractivity contribution in [2.45, 2.75) is 33.2 Å². The predicted octanol–water partition coefficient (Wildman–Crippen LogP) is -1.67. The van der Waals surface area contributed by atoms with Crippen molar-refractivity contribution in [2.75, 3.05) is 6.61 Å². The van der Waals surface area contributed by atoms with Crippen LogP contribution in [-0.4, -0.2) is 24.6 Å². The zero-order valence-corrected chi connectivity index (χ0v) is 8.33. The van der Waals surface area contributed by atoms with Crippen molar-refractivity contribution < 1.29 is 25.2 Å². The number of aliphatic carboxylic acids is 1. The van der Waals surface area contributed by atoms with Crippen LogP contribution in [0.25, 0.3) is 0 Å². The van der Waals surface area contributed by atoms with Crippen molar-refractivity contribution >= 4 is 11.9 Å². The number of hydrogen-bond donors (Lipinski definition) is 1. The Morgan fingerprint density at radius 3 is 2.15 bits per heavy atom. The third kappa shape index (κ3) is 24.8. The summed E-state index contributed by atoms with van der Waals surface area (Å²) < 4.78 is 4.67. The van der Waals surface area contributed by atoms with Crippen LogP contribution < -0.4 is 10.8 Å². The van der Waals surface area contributed by atoms with E-state index < -0.39 is 5.97 Å². The van der Waals surface area contributed by atoms with Gasteiger partial charge in [0.25, 0.3) is 0 Å². The van der Waals surface area contributed by atoms with E-state index in [4.69, 9.17) is 9.90 Å². The Morgan fingerprint density at radius 2 is 1.92 bits per heavy atom. The number of esters is 1. The second-order valence-corrected chi connectivity index (χ2v) is 2.61. The van der Waals surface area contributed by atoms with Crippen LogP contribution in [-0.2, 0) is 14.3 Å². The monoisotopic (exact) mass is 191 g/mol. The fraction of sp³-hybridized carbons (Fsp3) is 0.750. The van der Waals surface area contributed by atoms with Gasteiger partial charge in [-0.3, -0.25) is 4.79 Å². The molecule has 0 fully saturated rings. The van der Waals surface area contributed by atoms with Crippen LogP contribution in [0.1, 0.15) is 27.2 Å². The molecular formula is C8H17NO4. The van der Waals surface area contributed by atoms with Crippen molar-refractivity contribution in [1.82, 2.24) is 0 Å². The van der Waals surface area contributed by atoms with Gasteiger partial charge < -0.3 is 20.4 Å². The zero-order valence-electron chi connectivity index (χ0n) is 8.33. The van der Waals surface area contributed by atoms with Crippen LogP contribution in [0.3, 0.4) is 0 Å². The molecule has 5 nitrogen and oxygen atoms in total. The first kappa shape index (κ1) is 14.4. The Bertz CT molecular complexity index is 152. The average Bonchev–Trinajstić information content (AvgIpc) is 1.83. The van der Waals surface area contributed by atoms with E-state index in [1.165, 1.54) is 0 Å². The summed E-state index contributed by atoms with van der Waals surface area (Å²) in [5, 5.41) is 8.89. The molecule has 0 bridgehead atoms. The lowest BCUT2D eigenvalue weighted by atomic mass is 10.3. The van der Waals surface area contributed by atoms with Gasteiger partial charge in [-0.2, -0.15) is 0 Å². The summed E-state index contributed by atoms with van der Waals surface area (Å²) >= 11 is 0. The zero-order chi connectivity index (χ0) is 10.9. The van der Waals surface area contributed by atoms with E-state index in [2.05, 4.69) is 10.5 Å². The van der Waals surface area contributed by atoms with Gasteiger partial charge in [0.05, 0.1) is 19.1 Å². The van der Waals surface area contributed by atoms with Crippen molar-refractivity contribution in [1.29, 1.82) is 0 Å². The Hall–Kier alpha value is -1.10. The highest BCUT2D eigenvalue weighted by Crippen LogP contribution is 1.87. The standard InChI is InChI=1S/C6H13NO2.C2H4O2/c1-3-9-6(8)4-5(2)7;1-2(3)4/h5H,3-4,7H2,1-2H3;1H3,(H,3,4)/t5-;/m1./s1. The van der Waals surface area contributed by atoms with Crippen LogP contribution in [0.2, 0.25) is 0 Å². The lowest BCUT2D eigenvalue weighted by Gasteiger charge is -2.00. The molecule has 0 aromatic rings. The molecule has 0 aliphatic carbocycles. The molecule has 0 rings (SSSR count). The number of carbonyl (C=O) groups excluding carboxylic acids is 2. The lowest BCUT2D eigenvalue weighted by Crippen LogP contribution is -2.59. The molecule has 1 atom stereocenters. The smallest absolute Gasteiger partial charge is 0.311 e. The number of carboxylic acid groups (broad SMARTS) is 1. The molecule has 0 saturated carbocycles. The number of quaternary nitrogens is 1. The summed E-state index contributed by atoms with van der Waals surface area (Å²) in [7, 11) is 0. The summed E-state index contributed by atoms with van der Waals surface area (Å²) in [6.07, 6.45) is 0.424. The largest absolute Gasteiger partial charge is 0.550 e. The highest BCUT2D eigenvalue weighted by molar-refractivity contribution is 5.69. The lowest BCUT2D eigenvalue weighted by molar-refractivity contribution is -0.413. The maximum Gasteiger partial charge on any atom is 0.311 e. The van der Waals surface area contributed by atoms with E-state index in [0.29, 0.717) is 13.0 Å². The van der Waals surface area contributed by atoms with Gasteiger partial charge in [0, 0.05) is 5.97 Å². The minimum absolute atomic E-state index is 0.153. The topological polar surface area (TPSA) is 94.1 Å². The second-order valence-electron chi connectivity index (χ2n) is 2.61. The molecule has 0 aromatic carbocycles. The quantitative estimate of drug-likeness (QED) is 0.539. The second kappa shape index (κ2) is 8.99. The van der Waals surface area contributed by atoms with Gasteiger partial charge in [0.15, 0.2) is 0 Å². The maximum atomic E-state index is 10.6. The van der Waals surface area contributed by atoms with Gasteiger partial charge in [-0.15, -0.1) is 0 Å². The molecule has 13 heavy (non-hydrogen) atoms. The SMILES string of the molecule is CC(=O)[O-].CCOC(=O)C[C@@H](C)[NH3+]. The van der Waals surface area contributed by atoms with Crippen LogP contribution in [0.5, 0.6) is 0 Å². The Balaban J connectivity index is 0. The fourth-order valence-corrected chi connectivity index (χ4v) is 0.504.